The maximum absolute atomic E-state index is 13.1. The van der Waals surface area contributed by atoms with Gasteiger partial charge in [-0.1, -0.05) is 23.7 Å². The molecule has 0 saturated heterocycles. The van der Waals surface area contributed by atoms with E-state index >= 15 is 0 Å². The van der Waals surface area contributed by atoms with Gasteiger partial charge in [-0.25, -0.2) is 12.8 Å². The molecule has 2 rings (SSSR count). The molecule has 106 valence electrons. The van der Waals surface area contributed by atoms with Crippen LogP contribution in [0.5, 0.6) is 0 Å². The summed E-state index contributed by atoms with van der Waals surface area (Å²) in [5.74, 6) is -0.338. The number of hydrogen-bond donors (Lipinski definition) is 1. The van der Waals surface area contributed by atoms with Gasteiger partial charge < -0.3 is 0 Å². The van der Waals surface area contributed by atoms with Crippen molar-refractivity contribution < 1.29 is 12.8 Å². The fourth-order valence-electron chi connectivity index (χ4n) is 1.56. The molecule has 3 nitrogen and oxygen atoms in total. The molecule has 20 heavy (non-hydrogen) atoms. The van der Waals surface area contributed by atoms with E-state index in [0.29, 0.717) is 11.6 Å². The lowest BCUT2D eigenvalue weighted by atomic mass is 10.2. The fraction of sp³-hybridized carbons (Fsp3) is 0.0769. The fourth-order valence-corrected chi connectivity index (χ4v) is 3.30. The monoisotopic (exact) mass is 333 g/mol. The second-order valence-corrected chi connectivity index (χ2v) is 6.34. The number of alkyl halides is 1. The van der Waals surface area contributed by atoms with Crippen LogP contribution in [0.2, 0.25) is 5.02 Å². The van der Waals surface area contributed by atoms with Crippen molar-refractivity contribution in [3.63, 3.8) is 0 Å². The minimum absolute atomic E-state index is 0.0451. The number of anilines is 1. The van der Waals surface area contributed by atoms with Gasteiger partial charge >= 0.3 is 0 Å². The summed E-state index contributed by atoms with van der Waals surface area (Å²) in [5.41, 5.74) is 1.21. The molecular weight excluding hydrogens is 324 g/mol. The van der Waals surface area contributed by atoms with Crippen molar-refractivity contribution in [2.75, 3.05) is 4.72 Å². The van der Waals surface area contributed by atoms with Crippen molar-refractivity contribution in [3.8, 4) is 0 Å². The molecule has 0 radical (unpaired) electrons. The predicted octanol–water partition coefficient (Wildman–Crippen LogP) is 4.02. The Morgan fingerprint density at radius 2 is 1.75 bits per heavy atom. The van der Waals surface area contributed by atoms with Crippen LogP contribution in [0.25, 0.3) is 0 Å². The molecule has 0 aliphatic carbocycles. The van der Waals surface area contributed by atoms with Crippen LogP contribution in [0.4, 0.5) is 10.1 Å². The number of sulfonamides is 1. The maximum atomic E-state index is 13.1. The first-order valence-corrected chi connectivity index (χ1v) is 7.95. The van der Waals surface area contributed by atoms with E-state index in [-0.39, 0.29) is 9.92 Å². The quantitative estimate of drug-likeness (QED) is 0.859. The van der Waals surface area contributed by atoms with E-state index in [1.54, 1.807) is 24.3 Å². The van der Waals surface area contributed by atoms with Crippen LogP contribution in [0.1, 0.15) is 5.56 Å². The van der Waals surface area contributed by atoms with Crippen molar-refractivity contribution in [3.05, 3.63) is 58.9 Å². The van der Waals surface area contributed by atoms with E-state index in [4.69, 9.17) is 23.2 Å². The lowest BCUT2D eigenvalue weighted by Gasteiger charge is -2.10. The molecule has 0 heterocycles. The zero-order chi connectivity index (χ0) is 14.8. The van der Waals surface area contributed by atoms with Crippen LogP contribution >= 0.6 is 23.2 Å². The highest BCUT2D eigenvalue weighted by molar-refractivity contribution is 7.92. The Morgan fingerprint density at radius 3 is 2.35 bits per heavy atom. The van der Waals surface area contributed by atoms with Gasteiger partial charge in [0.05, 0.1) is 5.02 Å². The number of hydrogen-bond acceptors (Lipinski definition) is 2. The smallest absolute Gasteiger partial charge is 0.263 e. The average molecular weight is 334 g/mol. The molecule has 2 aromatic rings. The molecule has 0 fully saturated rings. The number of benzene rings is 2. The van der Waals surface area contributed by atoms with Crippen LogP contribution in [0.15, 0.2) is 47.4 Å². The molecule has 2 aromatic carbocycles. The molecule has 0 saturated carbocycles. The summed E-state index contributed by atoms with van der Waals surface area (Å²) < 4.78 is 39.8. The van der Waals surface area contributed by atoms with E-state index in [2.05, 4.69) is 4.72 Å². The third-order valence-electron chi connectivity index (χ3n) is 2.54. The molecule has 0 bridgehead atoms. The average Bonchev–Trinajstić information content (AvgIpc) is 2.42. The highest BCUT2D eigenvalue weighted by atomic mass is 35.5. The molecule has 0 aromatic heterocycles. The van der Waals surface area contributed by atoms with Gasteiger partial charge in [-0.15, -0.1) is 11.6 Å². The lowest BCUT2D eigenvalue weighted by Crippen LogP contribution is -2.13. The Morgan fingerprint density at radius 1 is 1.10 bits per heavy atom. The lowest BCUT2D eigenvalue weighted by molar-refractivity contribution is 0.595. The predicted molar refractivity (Wildman–Crippen MR) is 78.2 cm³/mol. The van der Waals surface area contributed by atoms with Gasteiger partial charge in [0.15, 0.2) is 0 Å². The Hall–Kier alpha value is -1.30. The molecule has 0 aliphatic heterocycles. The summed E-state index contributed by atoms with van der Waals surface area (Å²) in [6, 6.07) is 9.69. The van der Waals surface area contributed by atoms with Gasteiger partial charge in [-0.2, -0.15) is 0 Å². The first-order valence-electron chi connectivity index (χ1n) is 5.55. The van der Waals surface area contributed by atoms with Crippen molar-refractivity contribution in [2.24, 2.45) is 0 Å². The summed E-state index contributed by atoms with van der Waals surface area (Å²) >= 11 is 11.4. The summed E-state index contributed by atoms with van der Waals surface area (Å²) in [4.78, 5) is -0.305. The number of halogens is 3. The van der Waals surface area contributed by atoms with E-state index in [0.717, 1.165) is 17.7 Å². The minimum Gasteiger partial charge on any atom is -0.280 e. The Bertz CT molecular complexity index is 718. The summed E-state index contributed by atoms with van der Waals surface area (Å²) in [5, 5.41) is -0.0451. The molecule has 0 aliphatic rings. The zero-order valence-corrected chi connectivity index (χ0v) is 12.4. The van der Waals surface area contributed by atoms with Gasteiger partial charge in [0.25, 0.3) is 10.0 Å². The van der Waals surface area contributed by atoms with Gasteiger partial charge in [-0.05, 0) is 35.9 Å². The largest absolute Gasteiger partial charge is 0.280 e. The summed E-state index contributed by atoms with van der Waals surface area (Å²) in [6.07, 6.45) is 0. The topological polar surface area (TPSA) is 46.2 Å². The maximum Gasteiger partial charge on any atom is 0.263 e. The number of nitrogens with one attached hydrogen (secondary N) is 1. The van der Waals surface area contributed by atoms with E-state index < -0.39 is 15.8 Å². The van der Waals surface area contributed by atoms with E-state index in [9.17, 15) is 12.8 Å². The summed E-state index contributed by atoms with van der Waals surface area (Å²) in [6.45, 7) is 0. The van der Waals surface area contributed by atoms with Gasteiger partial charge in [0.1, 0.15) is 10.7 Å². The Labute approximate surface area is 126 Å². The zero-order valence-electron chi connectivity index (χ0n) is 10.1. The highest BCUT2D eigenvalue weighted by Gasteiger charge is 2.18. The van der Waals surface area contributed by atoms with Crippen molar-refractivity contribution in [1.29, 1.82) is 0 Å². The van der Waals surface area contributed by atoms with Gasteiger partial charge in [0, 0.05) is 11.6 Å². The van der Waals surface area contributed by atoms with Gasteiger partial charge in [0.2, 0.25) is 0 Å². The van der Waals surface area contributed by atoms with Crippen LogP contribution in [0, 0.1) is 5.82 Å². The molecule has 0 unspecified atom stereocenters. The molecule has 0 spiro atoms. The highest BCUT2D eigenvalue weighted by Crippen LogP contribution is 2.24. The SMILES string of the molecule is O=S(=O)(Nc1ccc(CCl)cc1)c1cc(F)ccc1Cl. The van der Waals surface area contributed by atoms with Crippen molar-refractivity contribution in [1.82, 2.24) is 0 Å². The first kappa shape index (κ1) is 15.1. The second kappa shape index (κ2) is 5.99. The molecule has 1 N–H and O–H groups in total. The third kappa shape index (κ3) is 3.42. The minimum atomic E-state index is -3.94. The molecule has 7 heteroatoms. The Kier molecular flexibility index (Phi) is 4.52. The standard InChI is InChI=1S/C13H10Cl2FNO2S/c14-8-9-1-4-11(5-2-9)17-20(18,19)13-7-10(16)3-6-12(13)15/h1-7,17H,8H2. The van der Waals surface area contributed by atoms with Crippen LogP contribution < -0.4 is 4.72 Å². The van der Waals surface area contributed by atoms with Crippen LogP contribution in [0.3, 0.4) is 0 Å². The van der Waals surface area contributed by atoms with E-state index in [1.165, 1.54) is 6.07 Å². The molecule has 0 atom stereocenters. The van der Waals surface area contributed by atoms with Gasteiger partial charge in [-0.3, -0.25) is 4.72 Å². The Balaban J connectivity index is 2.32. The van der Waals surface area contributed by atoms with Crippen molar-refractivity contribution in [2.45, 2.75) is 10.8 Å². The normalized spacial score (nSPS) is 11.3. The van der Waals surface area contributed by atoms with E-state index in [1.807, 2.05) is 0 Å². The second-order valence-electron chi connectivity index (χ2n) is 4.01. The molecular formula is C13H10Cl2FNO2S. The number of rotatable bonds is 4. The third-order valence-corrected chi connectivity index (χ3v) is 4.71. The van der Waals surface area contributed by atoms with Crippen molar-refractivity contribution >= 4 is 38.9 Å². The summed E-state index contributed by atoms with van der Waals surface area (Å²) in [7, 11) is -3.94. The first-order chi connectivity index (χ1) is 9.42. The van der Waals surface area contributed by atoms with Crippen LogP contribution in [-0.4, -0.2) is 8.42 Å². The van der Waals surface area contributed by atoms with Crippen LogP contribution in [-0.2, 0) is 15.9 Å². The molecule has 0 amide bonds.